The van der Waals surface area contributed by atoms with E-state index in [0.29, 0.717) is 11.1 Å². The van der Waals surface area contributed by atoms with Crippen molar-refractivity contribution in [3.8, 4) is 45.0 Å². The predicted molar refractivity (Wildman–Crippen MR) is 462 cm³/mol. The first-order valence-corrected chi connectivity index (χ1v) is 38.2. The van der Waals surface area contributed by atoms with Crippen LogP contribution in [0.15, 0.2) is 285 Å². The van der Waals surface area contributed by atoms with Crippen molar-refractivity contribution >= 4 is 131 Å². The highest BCUT2D eigenvalue weighted by molar-refractivity contribution is 6.19. The fourth-order valence-corrected chi connectivity index (χ4v) is 16.3. The van der Waals surface area contributed by atoms with Crippen LogP contribution >= 0.6 is 0 Å². The molecule has 0 aliphatic rings. The number of nitrogens with zero attached hydrogens (tertiary/aromatic N) is 4. The number of hydrogen-bond acceptors (Lipinski definition) is 4. The molecule has 8 aromatic heterocycles. The van der Waals surface area contributed by atoms with E-state index in [1.807, 2.05) is 132 Å². The largest absolute Gasteiger partial charge is 0.455 e. The third-order valence-corrected chi connectivity index (χ3v) is 22.4. The molecule has 0 saturated heterocycles. The Kier molecular flexibility index (Phi) is 16.5. The maximum absolute atomic E-state index is 8.53. The minimum absolute atomic E-state index is 0.111. The quantitative estimate of drug-likeness (QED) is 0.142. The van der Waals surface area contributed by atoms with Crippen LogP contribution in [0.5, 0.6) is 0 Å². The summed E-state index contributed by atoms with van der Waals surface area (Å²) in [5, 5.41) is 18.2. The normalized spacial score (nSPS) is 13.6. The highest BCUT2D eigenvalue weighted by atomic mass is 16.3. The van der Waals surface area contributed by atoms with E-state index in [-0.39, 0.29) is 5.92 Å². The van der Waals surface area contributed by atoms with Crippen LogP contribution < -0.4 is 18.3 Å². The lowest BCUT2D eigenvalue weighted by atomic mass is 9.97. The van der Waals surface area contributed by atoms with Gasteiger partial charge in [0, 0.05) is 145 Å². The van der Waals surface area contributed by atoms with Crippen LogP contribution in [0, 0.1) is 40.5 Å². The Labute approximate surface area is 658 Å². The molecule has 0 N–H and O–H groups in total. The lowest BCUT2D eigenvalue weighted by Crippen LogP contribution is -2.30. The minimum Gasteiger partial charge on any atom is -0.455 e. The summed E-state index contributed by atoms with van der Waals surface area (Å²) in [5.41, 5.74) is 23.6. The SMILES string of the molecule is Cc1cc[n+](C)c(-c2ccc3c(oc4c5ccccc5ccc34)c2C)c1.[2H]C(C)(C)c1cc[n+](C)c(-c2ccc3c(oc4c5ccccc5ccc34)c2C)c1.[2H]C([2H])([2H])C([2H])(C)c1cc[n+](C)c(-c2ccc3c(oc4c5ccccc5ccc34)c2C)c1.[2H]C([2H])(c1cc[n+](C)c(-c2ccc3c(oc4c5ccccc5ccc34)c2C)c1)C(C)C. The average Bonchev–Trinajstić information content (AvgIpc) is 1.56. The molecule has 8 nitrogen and oxygen atoms in total. The molecule has 20 rings (SSSR count). The minimum atomic E-state index is -2.43. The molecule has 0 amide bonds. The molecule has 0 saturated carbocycles. The van der Waals surface area contributed by atoms with E-state index in [2.05, 4.69) is 238 Å². The molecule has 8 heteroatoms. The van der Waals surface area contributed by atoms with Gasteiger partial charge in [-0.15, -0.1) is 0 Å². The van der Waals surface area contributed by atoms with Gasteiger partial charge in [0.25, 0.3) is 0 Å². The Morgan fingerprint density at radius 3 is 0.901 bits per heavy atom. The molecular weight excluding hydrogens is 1360 g/mol. The van der Waals surface area contributed by atoms with Crippen molar-refractivity contribution in [2.45, 2.75) is 94.3 Å². The van der Waals surface area contributed by atoms with Crippen molar-refractivity contribution < 1.29 is 45.5 Å². The number of rotatable bonds is 8. The van der Waals surface area contributed by atoms with Crippen LogP contribution in [0.3, 0.4) is 0 Å². The molecule has 8 heterocycles. The molecule has 0 aliphatic carbocycles. The van der Waals surface area contributed by atoms with Gasteiger partial charge in [-0.05, 0) is 175 Å². The zero-order chi connectivity index (χ0) is 82.9. The second kappa shape index (κ2) is 28.8. The lowest BCUT2D eigenvalue weighted by Gasteiger charge is -2.09. The number of benzene rings is 12. The molecule has 111 heavy (non-hydrogen) atoms. The maximum Gasteiger partial charge on any atom is 0.212 e. The maximum atomic E-state index is 8.53. The zero-order valence-corrected chi connectivity index (χ0v) is 65.4. The summed E-state index contributed by atoms with van der Waals surface area (Å²) in [5.74, 6) is -2.45. The van der Waals surface area contributed by atoms with Crippen molar-refractivity contribution in [2.24, 2.45) is 34.1 Å². The van der Waals surface area contributed by atoms with Gasteiger partial charge in [0.15, 0.2) is 24.8 Å². The van der Waals surface area contributed by atoms with E-state index in [0.717, 1.165) is 155 Å². The first-order chi connectivity index (χ1) is 56.4. The third-order valence-electron chi connectivity index (χ3n) is 22.4. The molecule has 0 radical (unpaired) electrons. The number of fused-ring (bicyclic) bond motifs is 20. The van der Waals surface area contributed by atoms with Crippen LogP contribution in [-0.2, 0) is 34.6 Å². The topological polar surface area (TPSA) is 68.1 Å². The lowest BCUT2D eigenvalue weighted by molar-refractivity contribution is -0.660. The van der Waals surface area contributed by atoms with Gasteiger partial charge in [0.2, 0.25) is 22.8 Å². The van der Waals surface area contributed by atoms with Gasteiger partial charge in [-0.25, -0.2) is 18.3 Å². The summed E-state index contributed by atoms with van der Waals surface area (Å²) in [4.78, 5) is 0. The Morgan fingerprint density at radius 1 is 0.297 bits per heavy atom. The van der Waals surface area contributed by atoms with Gasteiger partial charge in [0.05, 0.1) is 22.3 Å². The van der Waals surface area contributed by atoms with Gasteiger partial charge >= 0.3 is 0 Å². The number of aromatic nitrogens is 4. The van der Waals surface area contributed by atoms with E-state index in [9.17, 15) is 0 Å². The average molecular weight is 1460 g/mol. The van der Waals surface area contributed by atoms with Gasteiger partial charge in [-0.3, -0.25) is 0 Å². The third kappa shape index (κ3) is 12.8. The Bertz CT molecular complexity index is 7460. The van der Waals surface area contributed by atoms with Crippen LogP contribution in [0.1, 0.15) is 107 Å². The Balaban J connectivity index is 0.000000113. The number of furan rings is 4. The van der Waals surface area contributed by atoms with Gasteiger partial charge in [0.1, 0.15) is 72.9 Å². The van der Waals surface area contributed by atoms with E-state index < -0.39 is 25.0 Å². The Hall–Kier alpha value is -12.5. The van der Waals surface area contributed by atoms with Crippen LogP contribution in [-0.4, -0.2) is 0 Å². The zero-order valence-electron chi connectivity index (χ0n) is 72.4. The summed E-state index contributed by atoms with van der Waals surface area (Å²) >= 11 is 0. The highest BCUT2D eigenvalue weighted by Gasteiger charge is 2.26. The first-order valence-electron chi connectivity index (χ1n) is 41.7. The summed E-state index contributed by atoms with van der Waals surface area (Å²) in [7, 11) is 8.06. The van der Waals surface area contributed by atoms with E-state index >= 15 is 0 Å². The van der Waals surface area contributed by atoms with Crippen molar-refractivity contribution in [3.05, 3.63) is 312 Å². The van der Waals surface area contributed by atoms with Crippen molar-refractivity contribution in [1.29, 1.82) is 0 Å². The standard InChI is InChI=1S/C27H26NO.2C26H24NO.C24H20NO/c1-17(2)15-19-13-14-28(4)25(16-19)21-11-12-23-24-10-9-20-7-5-6-8-22(20)27(24)29-26(23)18(21)3;2*1-16(2)19-13-14-27(4)24(15-19)20-11-12-22-23-10-9-18-7-5-6-8-21(18)26(23)28-25(22)17(20)3;1-15-12-13-25(3)22(14-15)18-10-11-20-21-9-8-17-6-4-5-7-19(17)24(21)26-23(20)16(18)2/h5-14,16-17H,15H2,1-4H3;2*5-16H,1-4H3;4-14H,1-3H3/q4*+1/i15D2;1D3,16D;16D;. The predicted octanol–water partition coefficient (Wildman–Crippen LogP) is 25.9. The monoisotopic (exact) mass is 1460 g/mol. The van der Waals surface area contributed by atoms with E-state index in [1.54, 1.807) is 6.07 Å². The summed E-state index contributed by atoms with van der Waals surface area (Å²) in [6.07, 6.45) is 6.52. The fraction of sp³-hybridized carbons (Fsp3) is 0.184. The van der Waals surface area contributed by atoms with Crippen molar-refractivity contribution in [1.82, 2.24) is 0 Å². The van der Waals surface area contributed by atoms with Gasteiger partial charge in [-0.1, -0.05) is 163 Å². The van der Waals surface area contributed by atoms with Crippen LogP contribution in [0.25, 0.3) is 176 Å². The smallest absolute Gasteiger partial charge is 0.212 e. The van der Waals surface area contributed by atoms with Crippen LogP contribution in [0.2, 0.25) is 0 Å². The molecule has 546 valence electrons. The molecule has 20 aromatic rings. The Morgan fingerprint density at radius 2 is 0.577 bits per heavy atom. The van der Waals surface area contributed by atoms with Gasteiger partial charge in [-0.2, -0.15) is 0 Å². The van der Waals surface area contributed by atoms with E-state index in [4.69, 9.17) is 27.3 Å². The molecule has 0 fully saturated rings. The van der Waals surface area contributed by atoms with Crippen molar-refractivity contribution in [3.63, 3.8) is 0 Å². The first kappa shape index (κ1) is 63.4. The molecule has 0 bridgehead atoms. The van der Waals surface area contributed by atoms with Crippen LogP contribution in [0.4, 0.5) is 0 Å². The fourth-order valence-electron chi connectivity index (χ4n) is 16.3. The second-order valence-corrected chi connectivity index (χ2v) is 30.4. The van der Waals surface area contributed by atoms with E-state index in [1.165, 1.54) is 61.6 Å². The summed E-state index contributed by atoms with van der Waals surface area (Å²) in [6, 6.07) is 83.4. The number of hydrogen-bond donors (Lipinski definition) is 0. The molecule has 1 unspecified atom stereocenters. The molecule has 0 spiro atoms. The number of pyridine rings is 4. The summed E-state index contributed by atoms with van der Waals surface area (Å²) < 4.78 is 91.4. The summed E-state index contributed by atoms with van der Waals surface area (Å²) in [6.45, 7) is 17.2. The molecular formula is C103H94N4O4+4. The number of aryl methyl sites for hydroxylation is 9. The molecule has 12 aromatic carbocycles. The van der Waals surface area contributed by atoms with Crippen molar-refractivity contribution in [2.75, 3.05) is 0 Å². The highest BCUT2D eigenvalue weighted by Crippen LogP contribution is 2.44. The van der Waals surface area contributed by atoms with Gasteiger partial charge < -0.3 is 17.7 Å². The molecule has 1 atom stereocenters. The second-order valence-electron chi connectivity index (χ2n) is 30.4. The molecule has 0 aliphatic heterocycles.